The number of aliphatic hydroxyl groups excluding tert-OH is 4. The Morgan fingerprint density at radius 3 is 2.07 bits per heavy atom. The molecule has 1 heterocycles. The molecule has 5 unspecified atom stereocenters. The second kappa shape index (κ2) is 9.91. The Hall–Kier alpha value is -2.35. The second-order valence-corrected chi connectivity index (χ2v) is 6.87. The first-order valence-electron chi connectivity index (χ1n) is 8.68. The Balaban J connectivity index is 2.34. The molecule has 1 saturated carbocycles. The first-order valence-corrected chi connectivity index (χ1v) is 8.68. The third-order valence-corrected chi connectivity index (χ3v) is 4.94. The van der Waals surface area contributed by atoms with Crippen molar-refractivity contribution in [1.82, 2.24) is 0 Å². The van der Waals surface area contributed by atoms with E-state index in [1.165, 1.54) is 6.92 Å². The van der Waals surface area contributed by atoms with Gasteiger partial charge in [-0.25, -0.2) is 0 Å². The summed E-state index contributed by atoms with van der Waals surface area (Å²) in [6.45, 7) is 1.51. The van der Waals surface area contributed by atoms with E-state index in [4.69, 9.17) is 31.8 Å². The van der Waals surface area contributed by atoms with Crippen molar-refractivity contribution in [3.05, 3.63) is 31.3 Å². The molecule has 0 aromatic carbocycles. The summed E-state index contributed by atoms with van der Waals surface area (Å²) in [5.74, 6) is 0. The van der Waals surface area contributed by atoms with E-state index < -0.39 is 67.1 Å². The number of nitrogens with zero attached hydrogens (tertiary/aromatic N) is 9. The number of nitrogens with two attached hydrogens (primary N) is 1. The van der Waals surface area contributed by atoms with Gasteiger partial charge in [-0.05, 0) is 29.9 Å². The predicted octanol–water partition coefficient (Wildman–Crippen LogP) is -0.672. The van der Waals surface area contributed by atoms with E-state index in [1.807, 2.05) is 0 Å². The van der Waals surface area contributed by atoms with Crippen LogP contribution in [-0.2, 0) is 9.47 Å². The van der Waals surface area contributed by atoms with Crippen LogP contribution in [-0.4, -0.2) is 87.5 Å². The molecule has 0 amide bonds. The summed E-state index contributed by atoms with van der Waals surface area (Å²) in [7, 11) is 0. The zero-order valence-electron chi connectivity index (χ0n) is 15.3. The van der Waals surface area contributed by atoms with Crippen molar-refractivity contribution in [1.29, 1.82) is 0 Å². The van der Waals surface area contributed by atoms with Crippen LogP contribution in [0.3, 0.4) is 0 Å². The zero-order valence-corrected chi connectivity index (χ0v) is 15.3. The lowest BCUT2D eigenvalue weighted by molar-refractivity contribution is -0.291. The lowest BCUT2D eigenvalue weighted by atomic mass is 9.84. The average Bonchev–Trinajstić information content (AvgIpc) is 2.68. The van der Waals surface area contributed by atoms with Gasteiger partial charge in [0.25, 0.3) is 0 Å². The number of aliphatic hydroxyl groups is 4. The van der Waals surface area contributed by atoms with E-state index in [0.717, 1.165) is 0 Å². The van der Waals surface area contributed by atoms with Gasteiger partial charge in [-0.2, -0.15) is 0 Å². The minimum absolute atomic E-state index is 0.141. The van der Waals surface area contributed by atoms with Gasteiger partial charge in [0.15, 0.2) is 6.29 Å². The summed E-state index contributed by atoms with van der Waals surface area (Å²) in [5.41, 5.74) is 31.9. The molecule has 16 heteroatoms. The number of azide groups is 3. The number of hydrogen-bond donors (Lipinski definition) is 5. The molecule has 16 nitrogen and oxygen atoms in total. The van der Waals surface area contributed by atoms with Crippen LogP contribution in [0.1, 0.15) is 13.3 Å². The molecule has 0 aromatic heterocycles. The Morgan fingerprint density at radius 2 is 1.52 bits per heavy atom. The second-order valence-electron chi connectivity index (χ2n) is 6.87. The smallest absolute Gasteiger partial charge is 0.169 e. The summed E-state index contributed by atoms with van der Waals surface area (Å²) < 4.78 is 11.2. The van der Waals surface area contributed by atoms with E-state index in [9.17, 15) is 20.4 Å². The van der Waals surface area contributed by atoms with Crippen LogP contribution in [0.5, 0.6) is 0 Å². The average molecular weight is 414 g/mol. The lowest BCUT2D eigenvalue weighted by Crippen LogP contribution is -2.64. The first kappa shape index (κ1) is 22.9. The maximum atomic E-state index is 10.4. The molecular weight excluding hydrogens is 392 g/mol. The number of hydrogen-bond acceptors (Lipinski definition) is 10. The van der Waals surface area contributed by atoms with E-state index in [1.54, 1.807) is 0 Å². The molecule has 160 valence electrons. The van der Waals surface area contributed by atoms with Crippen molar-refractivity contribution in [2.24, 2.45) is 21.1 Å². The van der Waals surface area contributed by atoms with Crippen LogP contribution in [0.25, 0.3) is 31.3 Å². The van der Waals surface area contributed by atoms with Crippen LogP contribution in [0.4, 0.5) is 0 Å². The Morgan fingerprint density at radius 1 is 0.931 bits per heavy atom. The highest BCUT2D eigenvalue weighted by atomic mass is 16.7. The Labute approximate surface area is 163 Å². The molecule has 0 spiro atoms. The van der Waals surface area contributed by atoms with Crippen LogP contribution in [0.2, 0.25) is 0 Å². The van der Waals surface area contributed by atoms with E-state index in [-0.39, 0.29) is 6.42 Å². The molecule has 0 bridgehead atoms. The van der Waals surface area contributed by atoms with Crippen molar-refractivity contribution in [3.63, 3.8) is 0 Å². The van der Waals surface area contributed by atoms with Crippen LogP contribution >= 0.6 is 0 Å². The van der Waals surface area contributed by atoms with Crippen molar-refractivity contribution in [3.8, 4) is 0 Å². The molecule has 11 atom stereocenters. The zero-order chi connectivity index (χ0) is 21.7. The fourth-order valence-corrected chi connectivity index (χ4v) is 3.46. The quantitative estimate of drug-likeness (QED) is 0.212. The maximum Gasteiger partial charge on any atom is 0.169 e. The molecule has 0 radical (unpaired) electrons. The van der Waals surface area contributed by atoms with Crippen LogP contribution in [0, 0.1) is 0 Å². The summed E-state index contributed by atoms with van der Waals surface area (Å²) in [6.07, 6.45) is -10.4. The van der Waals surface area contributed by atoms with Crippen molar-refractivity contribution >= 4 is 0 Å². The summed E-state index contributed by atoms with van der Waals surface area (Å²) in [4.78, 5) is 7.85. The molecule has 6 N–H and O–H groups in total. The predicted molar refractivity (Wildman–Crippen MR) is 94.6 cm³/mol. The SMILES string of the molecule is CC(N)C1O[C@H](O[C@@H]2C(N=[N+]=[N-])C[C@@H](N=[N+]=[N-])C(O)[C@H]2O)C(N=[N+]=[N-])[C@@H](O)[C@@H]1O. The summed E-state index contributed by atoms with van der Waals surface area (Å²) in [6, 6.07) is -4.32. The fourth-order valence-electron chi connectivity index (χ4n) is 3.46. The normalized spacial score (nSPS) is 43.2. The molecule has 29 heavy (non-hydrogen) atoms. The highest BCUT2D eigenvalue weighted by Gasteiger charge is 2.50. The van der Waals surface area contributed by atoms with Gasteiger partial charge in [0.1, 0.15) is 24.4 Å². The first-order chi connectivity index (χ1) is 13.8. The van der Waals surface area contributed by atoms with E-state index in [0.29, 0.717) is 0 Å². The standard InChI is InChI=1S/C13H22N10O6/c1-3(14)11-10(27)8(25)6(20-23-17)13(28-11)29-12-5(19-22-16)2-4(18-21-15)7(24)9(12)26/h3-13,24-27H,2,14H2,1H3/t3?,4-,5?,6?,7?,8-,9-,10+,11?,12-,13-/m1/s1. The van der Waals surface area contributed by atoms with Gasteiger partial charge in [0, 0.05) is 20.8 Å². The van der Waals surface area contributed by atoms with Gasteiger partial charge >= 0.3 is 0 Å². The van der Waals surface area contributed by atoms with Crippen LogP contribution in [0.15, 0.2) is 15.3 Å². The Kier molecular flexibility index (Phi) is 7.84. The minimum Gasteiger partial charge on any atom is -0.390 e. The molecule has 1 aliphatic carbocycles. The molecule has 1 saturated heterocycles. The maximum absolute atomic E-state index is 10.4. The van der Waals surface area contributed by atoms with Crippen LogP contribution < -0.4 is 5.73 Å². The summed E-state index contributed by atoms with van der Waals surface area (Å²) in [5, 5.41) is 51.4. The van der Waals surface area contributed by atoms with Crippen molar-refractivity contribution < 1.29 is 29.9 Å². The van der Waals surface area contributed by atoms with Gasteiger partial charge in [0.05, 0.1) is 30.4 Å². The molecule has 2 aliphatic rings. The minimum atomic E-state index is -1.66. The monoisotopic (exact) mass is 414 g/mol. The highest BCUT2D eigenvalue weighted by molar-refractivity contribution is 5.02. The van der Waals surface area contributed by atoms with Gasteiger partial charge in [-0.15, -0.1) is 0 Å². The molecule has 2 rings (SSSR count). The third-order valence-electron chi connectivity index (χ3n) is 4.94. The Bertz CT molecular complexity index is 721. The largest absolute Gasteiger partial charge is 0.390 e. The molecule has 0 aromatic rings. The van der Waals surface area contributed by atoms with Gasteiger partial charge in [-0.1, -0.05) is 15.3 Å². The lowest BCUT2D eigenvalue weighted by Gasteiger charge is -2.46. The van der Waals surface area contributed by atoms with E-state index >= 15 is 0 Å². The van der Waals surface area contributed by atoms with Gasteiger partial charge in [0.2, 0.25) is 0 Å². The van der Waals surface area contributed by atoms with Gasteiger partial charge in [-0.3, -0.25) is 0 Å². The van der Waals surface area contributed by atoms with E-state index in [2.05, 4.69) is 30.1 Å². The molecular formula is C13H22N10O6. The number of ether oxygens (including phenoxy) is 2. The summed E-state index contributed by atoms with van der Waals surface area (Å²) >= 11 is 0. The molecule has 1 aliphatic heterocycles. The van der Waals surface area contributed by atoms with Crippen molar-refractivity contribution in [2.45, 2.75) is 80.4 Å². The fraction of sp³-hybridized carbons (Fsp3) is 1.00. The topological polar surface area (TPSA) is 272 Å². The third kappa shape index (κ3) is 4.80. The highest BCUT2D eigenvalue weighted by Crippen LogP contribution is 2.33. The molecule has 2 fully saturated rings. The van der Waals surface area contributed by atoms with Crippen molar-refractivity contribution in [2.75, 3.05) is 0 Å². The number of rotatable bonds is 6. The van der Waals surface area contributed by atoms with Gasteiger partial charge < -0.3 is 35.6 Å².